The molecule has 0 bridgehead atoms. The van der Waals surface area contributed by atoms with Gasteiger partial charge in [-0.2, -0.15) is 18.4 Å². The normalized spacial score (nSPS) is 11.0. The fourth-order valence-corrected chi connectivity index (χ4v) is 1.87. The van der Waals surface area contributed by atoms with Gasteiger partial charge in [0, 0.05) is 5.56 Å². The Morgan fingerprint density at radius 3 is 2.50 bits per heavy atom. The third kappa shape index (κ3) is 2.47. The Bertz CT molecular complexity index is 437. The zero-order chi connectivity index (χ0) is 12.3. The van der Waals surface area contributed by atoms with Crippen LogP contribution in [0.2, 0.25) is 0 Å². The summed E-state index contributed by atoms with van der Waals surface area (Å²) in [5.74, 6) is 0.0522. The van der Waals surface area contributed by atoms with Crippen molar-refractivity contribution in [1.82, 2.24) is 0 Å². The van der Waals surface area contributed by atoms with Crippen LogP contribution in [-0.4, -0.2) is 7.11 Å². The lowest BCUT2D eigenvalue weighted by atomic mass is 10.0. The second-order valence-corrected chi connectivity index (χ2v) is 3.79. The number of hydrogen-bond acceptors (Lipinski definition) is 2. The Morgan fingerprint density at radius 1 is 1.44 bits per heavy atom. The van der Waals surface area contributed by atoms with E-state index in [1.165, 1.54) is 13.2 Å². The Hall–Kier alpha value is -1.22. The Labute approximate surface area is 98.8 Å². The predicted molar refractivity (Wildman–Crippen MR) is 55.0 cm³/mol. The number of rotatable bonds is 2. The van der Waals surface area contributed by atoms with Crippen molar-refractivity contribution in [1.29, 1.82) is 5.26 Å². The van der Waals surface area contributed by atoms with Gasteiger partial charge in [0.2, 0.25) is 0 Å². The molecule has 1 rings (SSSR count). The topological polar surface area (TPSA) is 33.0 Å². The van der Waals surface area contributed by atoms with Crippen molar-refractivity contribution in [3.63, 3.8) is 0 Å². The van der Waals surface area contributed by atoms with Gasteiger partial charge in [-0.1, -0.05) is 0 Å². The van der Waals surface area contributed by atoms with Crippen molar-refractivity contribution in [3.05, 3.63) is 27.7 Å². The maximum atomic E-state index is 12.6. The maximum absolute atomic E-state index is 12.6. The summed E-state index contributed by atoms with van der Waals surface area (Å²) in [6.07, 6.45) is -4.84. The van der Waals surface area contributed by atoms with E-state index < -0.39 is 11.7 Å². The fraction of sp³-hybridized carbons (Fsp3) is 0.300. The highest BCUT2D eigenvalue weighted by molar-refractivity contribution is 9.10. The van der Waals surface area contributed by atoms with E-state index in [9.17, 15) is 13.2 Å². The van der Waals surface area contributed by atoms with E-state index in [0.717, 1.165) is 6.07 Å². The fourth-order valence-electron chi connectivity index (χ4n) is 1.34. The number of ether oxygens (including phenoxy) is 1. The van der Waals surface area contributed by atoms with Gasteiger partial charge in [-0.05, 0) is 28.1 Å². The monoisotopic (exact) mass is 293 g/mol. The molecule has 0 saturated carbocycles. The van der Waals surface area contributed by atoms with Crippen LogP contribution in [0.25, 0.3) is 0 Å². The number of nitrogens with zero attached hydrogens (tertiary/aromatic N) is 1. The van der Waals surface area contributed by atoms with E-state index >= 15 is 0 Å². The van der Waals surface area contributed by atoms with Crippen molar-refractivity contribution >= 4 is 15.9 Å². The molecule has 0 aromatic heterocycles. The maximum Gasteiger partial charge on any atom is 0.416 e. The highest BCUT2D eigenvalue weighted by atomic mass is 79.9. The van der Waals surface area contributed by atoms with Crippen LogP contribution in [0.3, 0.4) is 0 Å². The molecule has 0 N–H and O–H groups in total. The second kappa shape index (κ2) is 4.74. The summed E-state index contributed by atoms with van der Waals surface area (Å²) < 4.78 is 43.2. The molecular weight excluding hydrogens is 287 g/mol. The van der Waals surface area contributed by atoms with Crippen LogP contribution >= 0.6 is 15.9 Å². The number of halogens is 4. The highest BCUT2D eigenvalue weighted by Crippen LogP contribution is 2.39. The summed E-state index contributed by atoms with van der Waals surface area (Å²) in [7, 11) is 1.27. The van der Waals surface area contributed by atoms with Crippen LogP contribution in [0, 0.1) is 11.3 Å². The van der Waals surface area contributed by atoms with Crippen molar-refractivity contribution < 1.29 is 17.9 Å². The minimum Gasteiger partial charge on any atom is -0.495 e. The zero-order valence-corrected chi connectivity index (χ0v) is 9.82. The van der Waals surface area contributed by atoms with E-state index in [4.69, 9.17) is 10.00 Å². The molecule has 1 aromatic rings. The molecule has 6 heteroatoms. The molecule has 0 spiro atoms. The molecular formula is C10H7BrF3NO. The molecule has 2 nitrogen and oxygen atoms in total. The second-order valence-electron chi connectivity index (χ2n) is 2.94. The van der Waals surface area contributed by atoms with Gasteiger partial charge in [0.1, 0.15) is 5.75 Å². The lowest BCUT2D eigenvalue weighted by Crippen LogP contribution is -2.10. The van der Waals surface area contributed by atoms with Gasteiger partial charge in [0.05, 0.1) is 29.6 Å². The number of alkyl halides is 3. The van der Waals surface area contributed by atoms with E-state index in [1.54, 1.807) is 6.07 Å². The number of benzene rings is 1. The molecule has 0 aliphatic carbocycles. The lowest BCUT2D eigenvalue weighted by Gasteiger charge is -2.15. The smallest absolute Gasteiger partial charge is 0.416 e. The summed E-state index contributed by atoms with van der Waals surface area (Å²) in [5, 5.41) is 8.53. The van der Waals surface area contributed by atoms with Gasteiger partial charge in [-0.3, -0.25) is 0 Å². The first-order valence-electron chi connectivity index (χ1n) is 4.21. The molecule has 86 valence electrons. The standard InChI is InChI=1S/C10H7BrF3NO/c1-16-9-6(4-5-15)7(10(12,13)14)2-3-8(9)11/h2-3H,4H2,1H3. The van der Waals surface area contributed by atoms with Gasteiger partial charge in [-0.15, -0.1) is 0 Å². The molecule has 0 unspecified atom stereocenters. The van der Waals surface area contributed by atoms with Gasteiger partial charge >= 0.3 is 6.18 Å². The average Bonchev–Trinajstić information content (AvgIpc) is 2.16. The average molecular weight is 294 g/mol. The van der Waals surface area contributed by atoms with Crippen molar-refractivity contribution in [2.75, 3.05) is 7.11 Å². The molecule has 0 radical (unpaired) electrons. The highest BCUT2D eigenvalue weighted by Gasteiger charge is 2.35. The lowest BCUT2D eigenvalue weighted by molar-refractivity contribution is -0.138. The SMILES string of the molecule is COc1c(Br)ccc(C(F)(F)F)c1CC#N. The molecule has 0 aliphatic heterocycles. The number of nitriles is 1. The zero-order valence-electron chi connectivity index (χ0n) is 8.23. The predicted octanol–water partition coefficient (Wildman–Crippen LogP) is 3.54. The van der Waals surface area contributed by atoms with Gasteiger partial charge in [0.25, 0.3) is 0 Å². The molecule has 0 fully saturated rings. The Kier molecular flexibility index (Phi) is 3.81. The van der Waals surface area contributed by atoms with Crippen LogP contribution in [0.15, 0.2) is 16.6 Å². The Morgan fingerprint density at radius 2 is 2.06 bits per heavy atom. The molecule has 0 amide bonds. The van der Waals surface area contributed by atoms with Crippen LogP contribution in [0.4, 0.5) is 13.2 Å². The molecule has 16 heavy (non-hydrogen) atoms. The number of methoxy groups -OCH3 is 1. The Balaban J connectivity index is 3.46. The summed E-state index contributed by atoms with van der Waals surface area (Å²) in [4.78, 5) is 0. The third-order valence-electron chi connectivity index (χ3n) is 1.98. The van der Waals surface area contributed by atoms with Crippen LogP contribution in [-0.2, 0) is 12.6 Å². The van der Waals surface area contributed by atoms with E-state index in [-0.39, 0.29) is 17.7 Å². The largest absolute Gasteiger partial charge is 0.495 e. The van der Waals surface area contributed by atoms with Gasteiger partial charge in [-0.25, -0.2) is 0 Å². The van der Waals surface area contributed by atoms with E-state index in [1.807, 2.05) is 0 Å². The van der Waals surface area contributed by atoms with Crippen molar-refractivity contribution in [3.8, 4) is 11.8 Å². The quantitative estimate of drug-likeness (QED) is 0.835. The van der Waals surface area contributed by atoms with E-state index in [2.05, 4.69) is 15.9 Å². The third-order valence-corrected chi connectivity index (χ3v) is 2.60. The van der Waals surface area contributed by atoms with Gasteiger partial charge < -0.3 is 4.74 Å². The minimum absolute atomic E-state index is 0.0522. The first kappa shape index (κ1) is 12.8. The summed E-state index contributed by atoms with van der Waals surface area (Å²) in [6.45, 7) is 0. The van der Waals surface area contributed by atoms with Crippen LogP contribution in [0.1, 0.15) is 11.1 Å². The van der Waals surface area contributed by atoms with Crippen molar-refractivity contribution in [2.45, 2.75) is 12.6 Å². The summed E-state index contributed by atoms with van der Waals surface area (Å²) in [6, 6.07) is 3.88. The molecule has 1 aromatic carbocycles. The summed E-state index contributed by atoms with van der Waals surface area (Å²) in [5.41, 5.74) is -0.985. The first-order chi connectivity index (χ1) is 7.41. The van der Waals surface area contributed by atoms with Crippen LogP contribution < -0.4 is 4.74 Å². The number of hydrogen-bond donors (Lipinski definition) is 0. The molecule has 0 saturated heterocycles. The minimum atomic E-state index is -4.49. The van der Waals surface area contributed by atoms with Gasteiger partial charge in [0.15, 0.2) is 0 Å². The van der Waals surface area contributed by atoms with E-state index in [0.29, 0.717) is 4.47 Å². The first-order valence-corrected chi connectivity index (χ1v) is 5.00. The molecule has 0 atom stereocenters. The summed E-state index contributed by atoms with van der Waals surface area (Å²) >= 11 is 3.08. The van der Waals surface area contributed by atoms with Crippen molar-refractivity contribution in [2.24, 2.45) is 0 Å². The molecule has 0 heterocycles. The van der Waals surface area contributed by atoms with Crippen LogP contribution in [0.5, 0.6) is 5.75 Å². The molecule has 0 aliphatic rings.